The first-order valence-electron chi connectivity index (χ1n) is 6.45. The molecule has 0 radical (unpaired) electrons. The van der Waals surface area contributed by atoms with Gasteiger partial charge in [-0.15, -0.1) is 0 Å². The van der Waals surface area contributed by atoms with Gasteiger partial charge < -0.3 is 15.4 Å². The number of hydrogen-bond acceptors (Lipinski definition) is 3. The van der Waals surface area contributed by atoms with Crippen LogP contribution in [0.15, 0.2) is 18.2 Å². The van der Waals surface area contributed by atoms with Gasteiger partial charge in [0.1, 0.15) is 5.75 Å². The first-order chi connectivity index (χ1) is 8.99. The topological polar surface area (TPSA) is 55.6 Å². The Hall–Kier alpha value is -1.26. The number of carbonyl (C=O) groups is 1. The first kappa shape index (κ1) is 15.8. The average molecular weight is 285 g/mol. The summed E-state index contributed by atoms with van der Waals surface area (Å²) < 4.78 is 5.45. The molecule has 0 bridgehead atoms. The van der Waals surface area contributed by atoms with Crippen molar-refractivity contribution < 1.29 is 9.53 Å². The smallest absolute Gasteiger partial charge is 0.260 e. The normalized spacial score (nSPS) is 12.1. The van der Waals surface area contributed by atoms with Gasteiger partial charge in [0, 0.05) is 19.1 Å². The highest BCUT2D eigenvalue weighted by molar-refractivity contribution is 6.32. The van der Waals surface area contributed by atoms with E-state index in [1.165, 1.54) is 0 Å². The lowest BCUT2D eigenvalue weighted by Gasteiger charge is -2.19. The molecule has 0 spiro atoms. The van der Waals surface area contributed by atoms with E-state index in [4.69, 9.17) is 22.1 Å². The Morgan fingerprint density at radius 2 is 2.05 bits per heavy atom. The van der Waals surface area contributed by atoms with E-state index in [-0.39, 0.29) is 18.6 Å². The van der Waals surface area contributed by atoms with Crippen molar-refractivity contribution in [3.8, 4) is 5.75 Å². The van der Waals surface area contributed by atoms with Crippen LogP contribution in [0.1, 0.15) is 32.4 Å². The summed E-state index contributed by atoms with van der Waals surface area (Å²) in [7, 11) is 0. The van der Waals surface area contributed by atoms with Gasteiger partial charge in [-0.25, -0.2) is 0 Å². The average Bonchev–Trinajstić information content (AvgIpc) is 2.38. The molecule has 1 atom stereocenters. The van der Waals surface area contributed by atoms with E-state index >= 15 is 0 Å². The summed E-state index contributed by atoms with van der Waals surface area (Å²) in [6.07, 6.45) is 0. The Morgan fingerprint density at radius 3 is 2.53 bits per heavy atom. The van der Waals surface area contributed by atoms with E-state index in [0.29, 0.717) is 23.9 Å². The monoisotopic (exact) mass is 284 g/mol. The predicted molar refractivity (Wildman–Crippen MR) is 77.5 cm³/mol. The molecule has 1 aromatic rings. The largest absolute Gasteiger partial charge is 0.482 e. The van der Waals surface area contributed by atoms with Crippen LogP contribution in [0.4, 0.5) is 0 Å². The fourth-order valence-corrected chi connectivity index (χ4v) is 1.97. The molecule has 1 amide bonds. The van der Waals surface area contributed by atoms with Crippen LogP contribution >= 0.6 is 11.6 Å². The Labute approximate surface area is 119 Å². The van der Waals surface area contributed by atoms with Crippen LogP contribution in [0.2, 0.25) is 5.02 Å². The third-order valence-electron chi connectivity index (χ3n) is 2.95. The number of ether oxygens (including phenoxy) is 1. The predicted octanol–water partition coefficient (Wildman–Crippen LogP) is 2.61. The Kier molecular flexibility index (Phi) is 6.12. The van der Waals surface area contributed by atoms with E-state index in [1.807, 2.05) is 26.8 Å². The van der Waals surface area contributed by atoms with Crippen molar-refractivity contribution in [1.29, 1.82) is 0 Å². The highest BCUT2D eigenvalue weighted by atomic mass is 35.5. The lowest BCUT2D eigenvalue weighted by Crippen LogP contribution is -2.34. The Bertz CT molecular complexity index is 431. The van der Waals surface area contributed by atoms with Crippen molar-refractivity contribution in [2.75, 3.05) is 19.7 Å². The third kappa shape index (κ3) is 4.40. The standard InChI is InChI=1S/C14H21ClN2O2/c1-4-17(5-2)14(18)9-19-13-7-6-11(10(3)16)8-12(13)15/h6-8,10H,4-5,9,16H2,1-3H3/t10-/m1/s1. The molecule has 19 heavy (non-hydrogen) atoms. The number of benzene rings is 1. The Balaban J connectivity index is 2.66. The van der Waals surface area contributed by atoms with Crippen LogP contribution in [0, 0.1) is 0 Å². The zero-order valence-corrected chi connectivity index (χ0v) is 12.4. The van der Waals surface area contributed by atoms with Crippen LogP contribution in [-0.4, -0.2) is 30.5 Å². The molecule has 0 saturated heterocycles. The van der Waals surface area contributed by atoms with E-state index in [1.54, 1.807) is 17.0 Å². The van der Waals surface area contributed by atoms with Crippen molar-refractivity contribution >= 4 is 17.5 Å². The molecule has 1 rings (SSSR count). The molecule has 0 aliphatic heterocycles. The molecule has 0 aliphatic carbocycles. The summed E-state index contributed by atoms with van der Waals surface area (Å²) in [5.74, 6) is 0.462. The molecule has 1 aromatic carbocycles. The van der Waals surface area contributed by atoms with Crippen LogP contribution < -0.4 is 10.5 Å². The summed E-state index contributed by atoms with van der Waals surface area (Å²) in [5.41, 5.74) is 6.71. The zero-order valence-electron chi connectivity index (χ0n) is 11.6. The van der Waals surface area contributed by atoms with Crippen molar-refractivity contribution in [3.63, 3.8) is 0 Å². The van der Waals surface area contributed by atoms with Gasteiger partial charge in [-0.05, 0) is 38.5 Å². The van der Waals surface area contributed by atoms with E-state index in [2.05, 4.69) is 0 Å². The number of halogens is 1. The Morgan fingerprint density at radius 1 is 1.42 bits per heavy atom. The molecular weight excluding hydrogens is 264 g/mol. The maximum absolute atomic E-state index is 11.8. The zero-order chi connectivity index (χ0) is 14.4. The fraction of sp³-hybridized carbons (Fsp3) is 0.500. The van der Waals surface area contributed by atoms with Gasteiger partial charge in [0.05, 0.1) is 5.02 Å². The van der Waals surface area contributed by atoms with E-state index in [0.717, 1.165) is 5.56 Å². The summed E-state index contributed by atoms with van der Waals surface area (Å²) in [4.78, 5) is 13.5. The molecule has 0 saturated carbocycles. The first-order valence-corrected chi connectivity index (χ1v) is 6.83. The van der Waals surface area contributed by atoms with Crippen LogP contribution in [0.25, 0.3) is 0 Å². The van der Waals surface area contributed by atoms with Gasteiger partial charge in [0.2, 0.25) is 0 Å². The quantitative estimate of drug-likeness (QED) is 0.874. The molecule has 0 fully saturated rings. The number of nitrogens with zero attached hydrogens (tertiary/aromatic N) is 1. The van der Waals surface area contributed by atoms with Gasteiger partial charge >= 0.3 is 0 Å². The number of carbonyl (C=O) groups excluding carboxylic acids is 1. The number of rotatable bonds is 6. The van der Waals surface area contributed by atoms with E-state index < -0.39 is 0 Å². The number of likely N-dealkylation sites (N-methyl/N-ethyl adjacent to an activating group) is 1. The van der Waals surface area contributed by atoms with Gasteiger partial charge in [-0.1, -0.05) is 17.7 Å². The van der Waals surface area contributed by atoms with Crippen molar-refractivity contribution in [3.05, 3.63) is 28.8 Å². The third-order valence-corrected chi connectivity index (χ3v) is 3.24. The SMILES string of the molecule is CCN(CC)C(=O)COc1ccc([C@@H](C)N)cc1Cl. The molecule has 0 aromatic heterocycles. The summed E-state index contributed by atoms with van der Waals surface area (Å²) in [6, 6.07) is 5.29. The molecule has 106 valence electrons. The van der Waals surface area contributed by atoms with Crippen molar-refractivity contribution in [2.24, 2.45) is 5.73 Å². The van der Waals surface area contributed by atoms with Gasteiger partial charge in [0.25, 0.3) is 5.91 Å². The van der Waals surface area contributed by atoms with Gasteiger partial charge in [0.15, 0.2) is 6.61 Å². The van der Waals surface area contributed by atoms with Crippen molar-refractivity contribution in [2.45, 2.75) is 26.8 Å². The van der Waals surface area contributed by atoms with Gasteiger partial charge in [-0.3, -0.25) is 4.79 Å². The highest BCUT2D eigenvalue weighted by Gasteiger charge is 2.12. The summed E-state index contributed by atoms with van der Waals surface area (Å²) in [5, 5.41) is 0.474. The van der Waals surface area contributed by atoms with Crippen molar-refractivity contribution in [1.82, 2.24) is 4.90 Å². The number of amides is 1. The minimum atomic E-state index is -0.0798. The highest BCUT2D eigenvalue weighted by Crippen LogP contribution is 2.27. The van der Waals surface area contributed by atoms with E-state index in [9.17, 15) is 4.79 Å². The summed E-state index contributed by atoms with van der Waals surface area (Å²) >= 11 is 6.10. The lowest BCUT2D eigenvalue weighted by molar-refractivity contribution is -0.132. The van der Waals surface area contributed by atoms with Crippen LogP contribution in [-0.2, 0) is 4.79 Å². The van der Waals surface area contributed by atoms with Gasteiger partial charge in [-0.2, -0.15) is 0 Å². The molecule has 4 nitrogen and oxygen atoms in total. The molecule has 0 aliphatic rings. The molecule has 0 unspecified atom stereocenters. The minimum absolute atomic E-state index is 0.00107. The minimum Gasteiger partial charge on any atom is -0.482 e. The maximum atomic E-state index is 11.8. The van der Waals surface area contributed by atoms with Crippen LogP contribution in [0.5, 0.6) is 5.75 Å². The summed E-state index contributed by atoms with van der Waals surface area (Å²) in [6.45, 7) is 7.11. The lowest BCUT2D eigenvalue weighted by atomic mass is 10.1. The second kappa shape index (κ2) is 7.36. The second-order valence-electron chi connectivity index (χ2n) is 4.33. The number of nitrogens with two attached hydrogens (primary N) is 1. The maximum Gasteiger partial charge on any atom is 0.260 e. The molecule has 0 heterocycles. The molecular formula is C14H21ClN2O2. The second-order valence-corrected chi connectivity index (χ2v) is 4.74. The fourth-order valence-electron chi connectivity index (χ4n) is 1.72. The molecule has 5 heteroatoms. The number of hydrogen-bond donors (Lipinski definition) is 1. The molecule has 2 N–H and O–H groups in total. The van der Waals surface area contributed by atoms with Crippen LogP contribution in [0.3, 0.4) is 0 Å².